The first-order valence-electron chi connectivity index (χ1n) is 6.26. The molecule has 112 valence electrons. The molecule has 0 unspecified atom stereocenters. The summed E-state index contributed by atoms with van der Waals surface area (Å²) in [4.78, 5) is 0. The van der Waals surface area contributed by atoms with E-state index in [1.54, 1.807) is 13.8 Å². The molecule has 0 aromatic heterocycles. The van der Waals surface area contributed by atoms with Crippen molar-refractivity contribution in [1.82, 2.24) is 0 Å². The molecule has 1 heterocycles. The molecule has 1 aliphatic heterocycles. The minimum Gasteiger partial charge on any atom is -0.342 e. The Morgan fingerprint density at radius 3 is 2.55 bits per heavy atom. The lowest BCUT2D eigenvalue weighted by atomic mass is 10.00. The molecule has 2 N–H and O–H groups in total. The molecule has 1 aromatic carbocycles. The van der Waals surface area contributed by atoms with E-state index in [2.05, 4.69) is 4.18 Å². The Morgan fingerprint density at radius 1 is 1.30 bits per heavy atom. The van der Waals surface area contributed by atoms with Crippen molar-refractivity contribution in [2.45, 2.75) is 38.8 Å². The van der Waals surface area contributed by atoms with Crippen molar-refractivity contribution < 1.29 is 22.1 Å². The summed E-state index contributed by atoms with van der Waals surface area (Å²) in [5, 5.41) is 4.85. The average Bonchev–Trinajstić information content (AvgIpc) is 2.62. The summed E-state index contributed by atoms with van der Waals surface area (Å²) in [7, 11) is -4.00. The van der Waals surface area contributed by atoms with Crippen molar-refractivity contribution in [3.63, 3.8) is 0 Å². The lowest BCUT2D eigenvalue weighted by Gasteiger charge is -2.18. The zero-order chi connectivity index (χ0) is 15.0. The van der Waals surface area contributed by atoms with E-state index in [4.69, 9.17) is 14.6 Å². The van der Waals surface area contributed by atoms with E-state index in [0.29, 0.717) is 0 Å². The van der Waals surface area contributed by atoms with Crippen LogP contribution in [0.15, 0.2) is 24.3 Å². The highest BCUT2D eigenvalue weighted by molar-refractivity contribution is 7.84. The summed E-state index contributed by atoms with van der Waals surface area (Å²) in [6.45, 7) is 5.33. The fourth-order valence-electron chi connectivity index (χ4n) is 2.29. The predicted octanol–water partition coefficient (Wildman–Crippen LogP) is 1.41. The maximum Gasteiger partial charge on any atom is 0.333 e. The minimum atomic E-state index is -4.00. The number of rotatable bonds is 4. The minimum absolute atomic E-state index is 0.179. The van der Waals surface area contributed by atoms with Gasteiger partial charge in [0.15, 0.2) is 5.79 Å². The van der Waals surface area contributed by atoms with E-state index in [-0.39, 0.29) is 6.61 Å². The van der Waals surface area contributed by atoms with E-state index in [1.807, 2.05) is 31.2 Å². The lowest BCUT2D eigenvalue weighted by molar-refractivity contribution is -0.148. The van der Waals surface area contributed by atoms with E-state index < -0.39 is 28.3 Å². The van der Waals surface area contributed by atoms with Gasteiger partial charge in [0.05, 0.1) is 6.61 Å². The highest BCUT2D eigenvalue weighted by Gasteiger charge is 2.43. The molecule has 0 saturated carbocycles. The standard InChI is InChI=1S/C13H19NO5S/c1-9-6-4-5-7-10(9)12-11(8-17-20(14,15)16)18-13(2,3)19-12/h4-7,11-12H,8H2,1-3H3,(H2,14,15,16)/t11-,12-/m1/s1. The fourth-order valence-corrected chi connectivity index (χ4v) is 2.61. The Hall–Kier alpha value is -0.990. The van der Waals surface area contributed by atoms with Crippen LogP contribution in [0.1, 0.15) is 31.1 Å². The number of nitrogens with two attached hydrogens (primary N) is 1. The second-order valence-corrected chi connectivity index (χ2v) is 6.45. The Balaban J connectivity index is 2.23. The lowest BCUT2D eigenvalue weighted by Crippen LogP contribution is -2.28. The highest BCUT2D eigenvalue weighted by atomic mass is 32.2. The van der Waals surface area contributed by atoms with Crippen LogP contribution in [-0.2, 0) is 24.0 Å². The van der Waals surface area contributed by atoms with Gasteiger partial charge in [-0.25, -0.2) is 5.14 Å². The average molecular weight is 301 g/mol. The highest BCUT2D eigenvalue weighted by Crippen LogP contribution is 2.39. The van der Waals surface area contributed by atoms with Crippen molar-refractivity contribution in [3.8, 4) is 0 Å². The first-order chi connectivity index (χ1) is 9.18. The molecule has 0 aliphatic carbocycles. The van der Waals surface area contributed by atoms with E-state index in [1.165, 1.54) is 0 Å². The molecule has 0 amide bonds. The summed E-state index contributed by atoms with van der Waals surface area (Å²) >= 11 is 0. The third-order valence-electron chi connectivity index (χ3n) is 3.08. The van der Waals surface area contributed by atoms with Crippen LogP contribution in [0.25, 0.3) is 0 Å². The molecular weight excluding hydrogens is 282 g/mol. The summed E-state index contributed by atoms with van der Waals surface area (Å²) in [6.07, 6.45) is -0.933. The molecule has 1 aromatic rings. The second kappa shape index (κ2) is 5.42. The summed E-state index contributed by atoms with van der Waals surface area (Å²) in [5.41, 5.74) is 1.99. The van der Waals surface area contributed by atoms with Gasteiger partial charge in [-0.15, -0.1) is 0 Å². The normalized spacial score (nSPS) is 25.8. The second-order valence-electron chi connectivity index (χ2n) is 5.23. The molecule has 0 spiro atoms. The van der Waals surface area contributed by atoms with Crippen LogP contribution in [0.5, 0.6) is 0 Å². The van der Waals surface area contributed by atoms with Gasteiger partial charge in [0, 0.05) is 0 Å². The Morgan fingerprint density at radius 2 is 1.95 bits per heavy atom. The molecule has 0 bridgehead atoms. The Bertz CT molecular complexity index is 584. The van der Waals surface area contributed by atoms with Gasteiger partial charge >= 0.3 is 10.3 Å². The summed E-state index contributed by atoms with van der Waals surface area (Å²) < 4.78 is 38.0. The number of aryl methyl sites for hydroxylation is 1. The van der Waals surface area contributed by atoms with Crippen molar-refractivity contribution in [2.24, 2.45) is 5.14 Å². The molecule has 6 nitrogen and oxygen atoms in total. The van der Waals surface area contributed by atoms with Crippen LogP contribution in [0.3, 0.4) is 0 Å². The molecule has 2 rings (SSSR count). The smallest absolute Gasteiger partial charge is 0.333 e. The van der Waals surface area contributed by atoms with Crippen LogP contribution in [-0.4, -0.2) is 26.9 Å². The number of benzene rings is 1. The topological polar surface area (TPSA) is 87.8 Å². The zero-order valence-electron chi connectivity index (χ0n) is 11.7. The quantitative estimate of drug-likeness (QED) is 0.908. The third-order valence-corrected chi connectivity index (χ3v) is 3.54. The molecule has 1 saturated heterocycles. The van der Waals surface area contributed by atoms with Gasteiger partial charge in [-0.05, 0) is 31.9 Å². The molecule has 1 fully saturated rings. The number of hydrogen-bond donors (Lipinski definition) is 1. The maximum absolute atomic E-state index is 10.9. The molecule has 1 aliphatic rings. The largest absolute Gasteiger partial charge is 0.342 e. The van der Waals surface area contributed by atoms with Crippen molar-refractivity contribution >= 4 is 10.3 Å². The number of hydrogen-bond acceptors (Lipinski definition) is 5. The van der Waals surface area contributed by atoms with E-state index >= 15 is 0 Å². The Kier molecular flexibility index (Phi) is 4.17. The van der Waals surface area contributed by atoms with Crippen molar-refractivity contribution in [3.05, 3.63) is 35.4 Å². The van der Waals surface area contributed by atoms with E-state index in [9.17, 15) is 8.42 Å². The van der Waals surface area contributed by atoms with Crippen LogP contribution in [0.4, 0.5) is 0 Å². The van der Waals surface area contributed by atoms with Gasteiger partial charge in [0.1, 0.15) is 12.2 Å². The summed E-state index contributed by atoms with van der Waals surface area (Å²) in [5.74, 6) is -0.806. The van der Waals surface area contributed by atoms with Crippen LogP contribution in [0.2, 0.25) is 0 Å². The first-order valence-corrected chi connectivity index (χ1v) is 7.73. The molecule has 0 radical (unpaired) electrons. The van der Waals surface area contributed by atoms with Crippen LogP contribution in [0, 0.1) is 6.92 Å². The van der Waals surface area contributed by atoms with Crippen LogP contribution < -0.4 is 5.14 Å². The maximum atomic E-state index is 10.9. The number of ether oxygens (including phenoxy) is 2. The molecule has 2 atom stereocenters. The molecule has 20 heavy (non-hydrogen) atoms. The van der Waals surface area contributed by atoms with Gasteiger partial charge < -0.3 is 9.47 Å². The van der Waals surface area contributed by atoms with Gasteiger partial charge in [-0.1, -0.05) is 24.3 Å². The first kappa shape index (κ1) is 15.4. The van der Waals surface area contributed by atoms with Gasteiger partial charge in [-0.2, -0.15) is 8.42 Å². The van der Waals surface area contributed by atoms with Crippen LogP contribution >= 0.6 is 0 Å². The van der Waals surface area contributed by atoms with Crippen molar-refractivity contribution in [1.29, 1.82) is 0 Å². The van der Waals surface area contributed by atoms with Crippen molar-refractivity contribution in [2.75, 3.05) is 6.61 Å². The van der Waals surface area contributed by atoms with Gasteiger partial charge in [0.2, 0.25) is 0 Å². The van der Waals surface area contributed by atoms with Gasteiger partial charge in [-0.3, -0.25) is 4.18 Å². The zero-order valence-corrected chi connectivity index (χ0v) is 12.5. The summed E-state index contributed by atoms with van der Waals surface area (Å²) in [6, 6.07) is 7.71. The molecular formula is C13H19NO5S. The Labute approximate surface area is 119 Å². The fraction of sp³-hybridized carbons (Fsp3) is 0.538. The predicted molar refractivity (Wildman–Crippen MR) is 73.0 cm³/mol. The van der Waals surface area contributed by atoms with Gasteiger partial charge in [0.25, 0.3) is 0 Å². The molecule has 7 heteroatoms. The SMILES string of the molecule is Cc1ccccc1[C@H]1OC(C)(C)O[C@@H]1COS(N)(=O)=O. The van der Waals surface area contributed by atoms with E-state index in [0.717, 1.165) is 11.1 Å². The monoisotopic (exact) mass is 301 g/mol. The third kappa shape index (κ3) is 3.77.